The molecule has 3 amide bonds. The molecule has 200 valence electrons. The third-order valence-electron chi connectivity index (χ3n) is 5.24. The number of nitrogen functional groups attached to an aromatic ring is 1. The molecule has 0 spiro atoms. The Morgan fingerprint density at radius 1 is 1.24 bits per heavy atom. The number of aromatic nitrogens is 1. The molecule has 2 aliphatic heterocycles. The molecule has 0 unspecified atom stereocenters. The molecular weight excluding hydrogens is 526 g/mol. The third kappa shape index (κ3) is 6.22. The number of anilines is 1. The van der Waals surface area contributed by atoms with Crippen LogP contribution in [0.15, 0.2) is 22.7 Å². The van der Waals surface area contributed by atoms with E-state index in [4.69, 9.17) is 25.7 Å². The second kappa shape index (κ2) is 11.2. The summed E-state index contributed by atoms with van der Waals surface area (Å²) in [5.74, 6) is -2.47. The van der Waals surface area contributed by atoms with Crippen molar-refractivity contribution >= 4 is 63.6 Å². The van der Waals surface area contributed by atoms with Crippen molar-refractivity contribution in [2.45, 2.75) is 39.1 Å². The van der Waals surface area contributed by atoms with E-state index in [-0.39, 0.29) is 29.2 Å². The fourth-order valence-corrected chi connectivity index (χ4v) is 5.28. The van der Waals surface area contributed by atoms with Gasteiger partial charge >= 0.3 is 18.0 Å². The zero-order valence-corrected chi connectivity index (χ0v) is 22.2. The third-order valence-corrected chi connectivity index (χ3v) is 7.25. The van der Waals surface area contributed by atoms with Gasteiger partial charge in [-0.25, -0.2) is 14.6 Å². The van der Waals surface area contributed by atoms with Crippen LogP contribution < -0.4 is 16.8 Å². The molecule has 13 nitrogen and oxygen atoms in total. The minimum Gasteiger partial charge on any atom is -0.445 e. The maximum atomic E-state index is 13.1. The average molecular weight is 554 g/mol. The summed E-state index contributed by atoms with van der Waals surface area (Å²) in [5, 5.41) is 3.97. The van der Waals surface area contributed by atoms with Crippen LogP contribution in [0.2, 0.25) is 0 Å². The van der Waals surface area contributed by atoms with Gasteiger partial charge in [-0.15, -0.1) is 23.1 Å². The van der Waals surface area contributed by atoms with E-state index in [1.54, 1.807) is 39.2 Å². The monoisotopic (exact) mass is 553 g/mol. The number of nitrogens with one attached hydrogen (secondary N) is 1. The van der Waals surface area contributed by atoms with Gasteiger partial charge in [0.25, 0.3) is 11.8 Å². The van der Waals surface area contributed by atoms with Crippen LogP contribution in [0.3, 0.4) is 0 Å². The Morgan fingerprint density at radius 2 is 1.95 bits per heavy atom. The van der Waals surface area contributed by atoms with E-state index in [1.165, 1.54) is 23.1 Å². The highest BCUT2D eigenvalue weighted by Crippen LogP contribution is 2.41. The highest BCUT2D eigenvalue weighted by atomic mass is 32.2. The number of allylic oxidation sites excluding steroid dienone is 1. The Kier molecular flexibility index (Phi) is 8.48. The van der Waals surface area contributed by atoms with Crippen molar-refractivity contribution in [3.05, 3.63) is 28.4 Å². The van der Waals surface area contributed by atoms with Crippen LogP contribution in [0.4, 0.5) is 9.93 Å². The Morgan fingerprint density at radius 3 is 2.51 bits per heavy atom. The number of thiazole rings is 1. The second-order valence-corrected chi connectivity index (χ2v) is 10.9. The first-order valence-corrected chi connectivity index (χ1v) is 12.9. The van der Waals surface area contributed by atoms with Gasteiger partial charge in [0, 0.05) is 16.7 Å². The van der Waals surface area contributed by atoms with Crippen LogP contribution >= 0.6 is 23.1 Å². The van der Waals surface area contributed by atoms with E-state index in [1.807, 2.05) is 0 Å². The number of ether oxygens (including phenoxy) is 3. The first kappa shape index (κ1) is 28.0. The fraction of sp³-hybridized carbons (Fsp3) is 0.455. The summed E-state index contributed by atoms with van der Waals surface area (Å²) in [6.07, 6.45) is 0.493. The number of thioether (sulfide) groups is 1. The summed E-state index contributed by atoms with van der Waals surface area (Å²) in [6.45, 7) is 5.54. The second-order valence-electron chi connectivity index (χ2n) is 8.93. The minimum absolute atomic E-state index is 0.161. The summed E-state index contributed by atoms with van der Waals surface area (Å²) in [6, 6.07) is -0.941. The zero-order chi connectivity index (χ0) is 27.5. The quantitative estimate of drug-likeness (QED) is 0.180. The number of hydrogen-bond acceptors (Lipinski definition) is 12. The van der Waals surface area contributed by atoms with E-state index in [9.17, 15) is 24.0 Å². The highest BCUT2D eigenvalue weighted by molar-refractivity contribution is 8.00. The van der Waals surface area contributed by atoms with Gasteiger partial charge in [0.2, 0.25) is 6.79 Å². The molecule has 37 heavy (non-hydrogen) atoms. The lowest BCUT2D eigenvalue weighted by atomic mass is 9.98. The number of esters is 2. The lowest BCUT2D eigenvalue weighted by molar-refractivity contribution is -0.173. The van der Waals surface area contributed by atoms with Gasteiger partial charge in [0.05, 0.1) is 16.7 Å². The average Bonchev–Trinajstić information content (AvgIpc) is 3.25. The van der Waals surface area contributed by atoms with E-state index in [2.05, 4.69) is 10.3 Å². The summed E-state index contributed by atoms with van der Waals surface area (Å²) in [5.41, 5.74) is 10.6. The Hall–Kier alpha value is -3.59. The molecule has 0 radical (unpaired) electrons. The summed E-state index contributed by atoms with van der Waals surface area (Å²) < 4.78 is 14.9. The smallest absolute Gasteiger partial charge is 0.404 e. The Balaban J connectivity index is 1.75. The fourth-order valence-electron chi connectivity index (χ4n) is 3.39. The molecule has 0 aliphatic carbocycles. The number of rotatable bonds is 8. The Labute approximate surface area is 220 Å². The van der Waals surface area contributed by atoms with Gasteiger partial charge in [-0.1, -0.05) is 6.08 Å². The molecule has 1 aromatic rings. The molecule has 0 aromatic carbocycles. The van der Waals surface area contributed by atoms with Crippen LogP contribution in [0.25, 0.3) is 5.57 Å². The van der Waals surface area contributed by atoms with Crippen LogP contribution in [0.5, 0.6) is 0 Å². The zero-order valence-electron chi connectivity index (χ0n) is 20.6. The van der Waals surface area contributed by atoms with Gasteiger partial charge in [-0.3, -0.25) is 19.3 Å². The van der Waals surface area contributed by atoms with Gasteiger partial charge in [-0.2, -0.15) is 0 Å². The first-order valence-electron chi connectivity index (χ1n) is 11.0. The van der Waals surface area contributed by atoms with E-state index in [0.717, 1.165) is 4.90 Å². The molecule has 2 aliphatic rings. The molecule has 1 saturated heterocycles. The van der Waals surface area contributed by atoms with Gasteiger partial charge in [0.15, 0.2) is 5.13 Å². The molecule has 5 N–H and O–H groups in total. The summed E-state index contributed by atoms with van der Waals surface area (Å²) in [4.78, 5) is 67.2. The number of nitrogens with two attached hydrogens (primary N) is 2. The molecule has 0 saturated carbocycles. The van der Waals surface area contributed by atoms with Crippen molar-refractivity contribution in [1.29, 1.82) is 0 Å². The lowest BCUT2D eigenvalue weighted by Gasteiger charge is -2.49. The lowest BCUT2D eigenvalue weighted by Crippen LogP contribution is -2.70. The van der Waals surface area contributed by atoms with Crippen LogP contribution in [-0.2, 0) is 33.4 Å². The van der Waals surface area contributed by atoms with Crippen LogP contribution in [0.1, 0.15) is 33.4 Å². The topological polar surface area (TPSA) is 193 Å². The molecular formula is C22H27N5O8S2. The summed E-state index contributed by atoms with van der Waals surface area (Å²) in [7, 11) is 0. The normalized spacial score (nSPS) is 19.5. The van der Waals surface area contributed by atoms with E-state index < -0.39 is 53.5 Å². The summed E-state index contributed by atoms with van der Waals surface area (Å²) >= 11 is 2.43. The number of fused-ring (bicyclic) bond motifs is 1. The first-order chi connectivity index (χ1) is 17.3. The van der Waals surface area contributed by atoms with Crippen molar-refractivity contribution in [2.24, 2.45) is 11.1 Å². The van der Waals surface area contributed by atoms with Gasteiger partial charge in [-0.05, 0) is 27.7 Å². The van der Waals surface area contributed by atoms with Crippen molar-refractivity contribution in [3.63, 3.8) is 0 Å². The predicted octanol–water partition coefficient (Wildman–Crippen LogP) is 0.968. The SMILES string of the molecule is C/C=C(\C(=O)N[C@@H]1C(=O)N2C(C(=O)OCOC(=O)C(C)(C)C)=C(COC(N)=O)CS[C@H]12)c1csc(N)n1. The van der Waals surface area contributed by atoms with E-state index in [0.29, 0.717) is 10.8 Å². The number of nitrogens with zero attached hydrogens (tertiary/aromatic N) is 2. The van der Waals surface area contributed by atoms with Gasteiger partial charge in [0.1, 0.15) is 23.7 Å². The predicted molar refractivity (Wildman–Crippen MR) is 134 cm³/mol. The van der Waals surface area contributed by atoms with Crippen molar-refractivity contribution in [3.8, 4) is 0 Å². The van der Waals surface area contributed by atoms with Crippen LogP contribution in [-0.4, -0.2) is 70.3 Å². The molecule has 2 atom stereocenters. The maximum Gasteiger partial charge on any atom is 0.404 e. The van der Waals surface area contributed by atoms with Crippen molar-refractivity contribution in [1.82, 2.24) is 15.2 Å². The number of β-lactam (4-membered cyclic amide) rings is 1. The molecule has 3 heterocycles. The standard InChI is InChI=1S/C22H27N5O8S2/c1-5-11(12-8-37-20(23)25-12)15(28)26-13-16(29)27-14(10(6-33-21(24)32)7-36-17(13)27)18(30)34-9-35-19(31)22(2,3)4/h5,8,13,17H,6-7,9H2,1-4H3,(H2,23,25)(H2,24,32)(H,26,28)/b11-5-/t13-,17-/m1/s1. The molecule has 15 heteroatoms. The number of carbonyl (C=O) groups is 5. The number of hydrogen-bond donors (Lipinski definition) is 3. The van der Waals surface area contributed by atoms with Gasteiger partial charge < -0.3 is 31.0 Å². The molecule has 1 aromatic heterocycles. The minimum atomic E-state index is -1.06. The van der Waals surface area contributed by atoms with Crippen molar-refractivity contribution < 1.29 is 38.2 Å². The highest BCUT2D eigenvalue weighted by Gasteiger charge is 2.54. The van der Waals surface area contributed by atoms with E-state index >= 15 is 0 Å². The number of carbonyl (C=O) groups excluding carboxylic acids is 5. The Bertz CT molecular complexity index is 1190. The molecule has 0 bridgehead atoms. The van der Waals surface area contributed by atoms with Crippen molar-refractivity contribution in [2.75, 3.05) is 24.9 Å². The molecule has 1 fully saturated rings. The van der Waals surface area contributed by atoms with Crippen LogP contribution in [0, 0.1) is 5.41 Å². The molecule has 3 rings (SSSR count). The number of primary amides is 1. The number of amides is 3. The largest absolute Gasteiger partial charge is 0.445 e. The maximum absolute atomic E-state index is 13.1.